The fourth-order valence-electron chi connectivity index (χ4n) is 6.42. The van der Waals surface area contributed by atoms with Gasteiger partial charge in [0.05, 0.1) is 12.1 Å². The van der Waals surface area contributed by atoms with Crippen molar-refractivity contribution < 1.29 is 19.2 Å². The molecule has 0 aliphatic heterocycles. The first kappa shape index (κ1) is 34.5. The molecule has 2 aliphatic carbocycles. The number of primary amides is 1. The number of aromatic nitrogens is 2. The molecular weight excluding hydrogens is 630 g/mol. The Labute approximate surface area is 285 Å². The lowest BCUT2D eigenvalue weighted by atomic mass is 9.93. The molecule has 5 rings (SSSR count). The van der Waals surface area contributed by atoms with Gasteiger partial charge in [0, 0.05) is 35.5 Å². The number of nitrogens with zero attached hydrogens (tertiary/aromatic N) is 2. The summed E-state index contributed by atoms with van der Waals surface area (Å²) in [5.74, 6) is 2.65. The van der Waals surface area contributed by atoms with Gasteiger partial charge in [0.25, 0.3) is 11.8 Å². The van der Waals surface area contributed by atoms with Crippen molar-refractivity contribution in [2.24, 2.45) is 23.5 Å². The van der Waals surface area contributed by atoms with E-state index in [-0.39, 0.29) is 29.6 Å². The number of nitrogens with one attached hydrogen (secondary N) is 4. The minimum Gasteiger partial charge on any atom is -0.379 e. The predicted octanol–water partition coefficient (Wildman–Crippen LogP) is 5.75. The molecule has 6 N–H and O–H groups in total. The maximum Gasteiger partial charge on any atom is 0.277 e. The quantitative estimate of drug-likeness (QED) is 0.0736. The summed E-state index contributed by atoms with van der Waals surface area (Å²) in [5, 5.41) is 17.2. The zero-order chi connectivity index (χ0) is 34.2. The molecular formula is C36H42ClN7O4. The Balaban J connectivity index is 1.17. The molecule has 3 amide bonds. The van der Waals surface area contributed by atoms with Gasteiger partial charge < -0.3 is 27.0 Å². The van der Waals surface area contributed by atoms with Crippen molar-refractivity contribution in [1.29, 1.82) is 0 Å². The number of hydrogen-bond acceptors (Lipinski definition) is 7. The highest BCUT2D eigenvalue weighted by Crippen LogP contribution is 2.43. The average molecular weight is 672 g/mol. The summed E-state index contributed by atoms with van der Waals surface area (Å²) in [6, 6.07) is 13.5. The molecule has 2 aromatic carbocycles. The summed E-state index contributed by atoms with van der Waals surface area (Å²) in [7, 11) is 0. The Kier molecular flexibility index (Phi) is 11.4. The Hall–Kier alpha value is -4.86. The maximum atomic E-state index is 13.4. The summed E-state index contributed by atoms with van der Waals surface area (Å²) < 4.78 is 1.57. The third-order valence-electron chi connectivity index (χ3n) is 8.81. The van der Waals surface area contributed by atoms with Gasteiger partial charge in [0.1, 0.15) is 17.3 Å². The molecule has 48 heavy (non-hydrogen) atoms. The summed E-state index contributed by atoms with van der Waals surface area (Å²) in [6.45, 7) is 5.04. The molecule has 1 saturated carbocycles. The Morgan fingerprint density at radius 3 is 2.44 bits per heavy atom. The second-order valence-corrected chi connectivity index (χ2v) is 13.2. The SMILES string of the molecule is CC(C)n1nc(C(=O)Nc2cccc(NC(=O)Cc3ccc(Cl)cc3)c2)c(C(N)=O)c1NCCCCC(=C=O)NCC1CC2C=CC1C2. The first-order valence-corrected chi connectivity index (χ1v) is 16.8. The molecule has 11 nitrogen and oxygen atoms in total. The van der Waals surface area contributed by atoms with Crippen LogP contribution in [0.2, 0.25) is 5.02 Å². The third kappa shape index (κ3) is 8.73. The summed E-state index contributed by atoms with van der Waals surface area (Å²) >= 11 is 5.93. The van der Waals surface area contributed by atoms with Crippen LogP contribution in [0.1, 0.15) is 78.4 Å². The predicted molar refractivity (Wildman–Crippen MR) is 188 cm³/mol. The van der Waals surface area contributed by atoms with E-state index in [9.17, 15) is 19.2 Å². The van der Waals surface area contributed by atoms with Crippen molar-refractivity contribution in [1.82, 2.24) is 15.1 Å². The van der Waals surface area contributed by atoms with Gasteiger partial charge in [-0.2, -0.15) is 5.10 Å². The fourth-order valence-corrected chi connectivity index (χ4v) is 6.55. The van der Waals surface area contributed by atoms with Crippen molar-refractivity contribution >= 4 is 52.5 Å². The van der Waals surface area contributed by atoms with Crippen molar-refractivity contribution in [2.45, 2.75) is 58.4 Å². The lowest BCUT2D eigenvalue weighted by Crippen LogP contribution is -2.25. The fraction of sp³-hybridized carbons (Fsp3) is 0.389. The molecule has 1 fully saturated rings. The van der Waals surface area contributed by atoms with Crippen molar-refractivity contribution in [3.05, 3.63) is 88.2 Å². The van der Waals surface area contributed by atoms with Crippen LogP contribution in [0.4, 0.5) is 17.2 Å². The molecule has 0 radical (unpaired) electrons. The van der Waals surface area contributed by atoms with Gasteiger partial charge in [-0.15, -0.1) is 0 Å². The smallest absolute Gasteiger partial charge is 0.277 e. The van der Waals surface area contributed by atoms with E-state index in [0.29, 0.717) is 65.1 Å². The van der Waals surface area contributed by atoms with Crippen LogP contribution in [0.5, 0.6) is 0 Å². The average Bonchev–Trinajstić information content (AvgIpc) is 3.78. The van der Waals surface area contributed by atoms with E-state index in [1.807, 2.05) is 13.8 Å². The Bertz CT molecular complexity index is 1730. The maximum absolute atomic E-state index is 13.4. The number of rotatable bonds is 16. The highest BCUT2D eigenvalue weighted by atomic mass is 35.5. The number of allylic oxidation sites excluding steroid dienone is 3. The summed E-state index contributed by atoms with van der Waals surface area (Å²) in [4.78, 5) is 50.3. The van der Waals surface area contributed by atoms with Gasteiger partial charge >= 0.3 is 0 Å². The van der Waals surface area contributed by atoms with Crippen molar-refractivity contribution in [3.63, 3.8) is 0 Å². The lowest BCUT2D eigenvalue weighted by Gasteiger charge is -2.19. The van der Waals surface area contributed by atoms with Gasteiger partial charge in [0.2, 0.25) is 5.91 Å². The highest BCUT2D eigenvalue weighted by Gasteiger charge is 2.35. The van der Waals surface area contributed by atoms with E-state index in [0.717, 1.165) is 18.5 Å². The van der Waals surface area contributed by atoms with E-state index in [1.165, 1.54) is 12.8 Å². The number of hydrogen-bond donors (Lipinski definition) is 5. The van der Waals surface area contributed by atoms with Crippen LogP contribution in [0.15, 0.2) is 66.4 Å². The normalized spacial score (nSPS) is 17.6. The van der Waals surface area contributed by atoms with Gasteiger partial charge in [-0.25, -0.2) is 9.48 Å². The Morgan fingerprint density at radius 2 is 1.79 bits per heavy atom. The number of amides is 3. The minimum absolute atomic E-state index is 0.0105. The number of carbonyl (C=O) groups excluding carboxylic acids is 4. The molecule has 12 heteroatoms. The standard InChI is InChI=1S/C36H42ClN7O4/c1-22(2)44-35(39-15-4-3-6-30(21-45)40-20-26-17-24-9-12-25(26)16-24)32(34(38)47)33(43-44)36(48)42-29-8-5-7-28(19-29)41-31(46)18-23-10-13-27(37)14-11-23/h5,7-14,19,22,24-26,39-40H,3-4,6,15-18,20H2,1-2H3,(H2,38,47)(H,41,46)(H,42,48). The topological polar surface area (TPSA) is 160 Å². The largest absolute Gasteiger partial charge is 0.379 e. The Morgan fingerprint density at radius 1 is 1.04 bits per heavy atom. The molecule has 3 atom stereocenters. The first-order valence-electron chi connectivity index (χ1n) is 16.4. The minimum atomic E-state index is -0.788. The van der Waals surface area contributed by atoms with Gasteiger partial charge in [-0.3, -0.25) is 14.4 Å². The molecule has 0 spiro atoms. The molecule has 2 aliphatic rings. The molecule has 1 heterocycles. The first-order chi connectivity index (χ1) is 23.1. The number of benzene rings is 2. The monoisotopic (exact) mass is 671 g/mol. The van der Waals surface area contributed by atoms with Crippen molar-refractivity contribution in [2.75, 3.05) is 29.0 Å². The van der Waals surface area contributed by atoms with E-state index < -0.39 is 11.8 Å². The molecule has 2 bridgehead atoms. The van der Waals surface area contributed by atoms with E-state index in [4.69, 9.17) is 17.3 Å². The van der Waals surface area contributed by atoms with Crippen LogP contribution in [0.25, 0.3) is 0 Å². The number of nitrogens with two attached hydrogens (primary N) is 1. The van der Waals surface area contributed by atoms with E-state index in [2.05, 4.69) is 44.5 Å². The molecule has 0 saturated heterocycles. The van der Waals surface area contributed by atoms with E-state index >= 15 is 0 Å². The van der Waals surface area contributed by atoms with Crippen LogP contribution in [0, 0.1) is 17.8 Å². The number of fused-ring (bicyclic) bond motifs is 2. The van der Waals surface area contributed by atoms with Gasteiger partial charge in [0.15, 0.2) is 5.69 Å². The lowest BCUT2D eigenvalue weighted by molar-refractivity contribution is -0.115. The van der Waals surface area contributed by atoms with Crippen LogP contribution >= 0.6 is 11.6 Å². The third-order valence-corrected chi connectivity index (χ3v) is 9.06. The number of halogens is 1. The van der Waals surface area contributed by atoms with Gasteiger partial charge in [-0.05, 0) is 99.6 Å². The number of carbonyl (C=O) groups is 3. The van der Waals surface area contributed by atoms with Crippen LogP contribution in [-0.2, 0) is 16.0 Å². The molecule has 3 unspecified atom stereocenters. The molecule has 1 aromatic heterocycles. The number of unbranched alkanes of at least 4 members (excludes halogenated alkanes) is 1. The van der Waals surface area contributed by atoms with E-state index in [1.54, 1.807) is 53.2 Å². The van der Waals surface area contributed by atoms with Gasteiger partial charge in [-0.1, -0.05) is 42.0 Å². The zero-order valence-electron chi connectivity index (χ0n) is 27.2. The molecule has 3 aromatic rings. The highest BCUT2D eigenvalue weighted by molar-refractivity contribution is 6.30. The van der Waals surface area contributed by atoms with Crippen LogP contribution in [0.3, 0.4) is 0 Å². The second kappa shape index (κ2) is 15.8. The van der Waals surface area contributed by atoms with Crippen LogP contribution < -0.4 is 27.0 Å². The summed E-state index contributed by atoms with van der Waals surface area (Å²) in [5.41, 5.74) is 7.94. The van der Waals surface area contributed by atoms with Crippen molar-refractivity contribution in [3.8, 4) is 0 Å². The second-order valence-electron chi connectivity index (χ2n) is 12.7. The summed E-state index contributed by atoms with van der Waals surface area (Å²) in [6.07, 6.45) is 9.16. The zero-order valence-corrected chi connectivity index (χ0v) is 28.0. The van der Waals surface area contributed by atoms with Crippen LogP contribution in [-0.4, -0.2) is 46.5 Å². The molecule has 252 valence electrons. The number of anilines is 3.